The summed E-state index contributed by atoms with van der Waals surface area (Å²) in [7, 11) is 3.67. The summed E-state index contributed by atoms with van der Waals surface area (Å²) in [4.78, 5) is 16.4. The number of ether oxygens (including phenoxy) is 2. The molecule has 1 fully saturated rings. The fraction of sp³-hybridized carbons (Fsp3) is 0.429. The van der Waals surface area contributed by atoms with E-state index >= 15 is 0 Å². The van der Waals surface area contributed by atoms with Crippen molar-refractivity contribution in [1.82, 2.24) is 15.0 Å². The van der Waals surface area contributed by atoms with Gasteiger partial charge in [-0.15, -0.1) is 0 Å². The predicted molar refractivity (Wildman–Crippen MR) is 106 cm³/mol. The van der Waals surface area contributed by atoms with Gasteiger partial charge in [0.05, 0.1) is 18.4 Å². The number of benzene rings is 1. The monoisotopic (exact) mass is 385 g/mol. The molecule has 0 spiro atoms. The van der Waals surface area contributed by atoms with Gasteiger partial charge in [-0.25, -0.2) is 0 Å². The molecule has 0 bridgehead atoms. The number of piperazine rings is 1. The van der Waals surface area contributed by atoms with Crippen LogP contribution in [-0.2, 0) is 11.4 Å². The van der Waals surface area contributed by atoms with Crippen molar-refractivity contribution in [2.45, 2.75) is 20.5 Å². The largest absolute Gasteiger partial charge is 0.493 e. The molecule has 0 atom stereocenters. The van der Waals surface area contributed by atoms with E-state index in [1.807, 2.05) is 36.9 Å². The first-order valence-electron chi connectivity index (χ1n) is 9.36. The van der Waals surface area contributed by atoms with E-state index in [4.69, 9.17) is 14.0 Å². The Hall–Kier alpha value is -2.80. The number of nitrogens with zero attached hydrogens (tertiary/aromatic N) is 3. The number of methoxy groups -OCH3 is 1. The fourth-order valence-corrected chi connectivity index (χ4v) is 3.06. The highest BCUT2D eigenvalue weighted by Crippen LogP contribution is 2.30. The summed E-state index contributed by atoms with van der Waals surface area (Å²) in [6.07, 6.45) is 3.42. The lowest BCUT2D eigenvalue weighted by molar-refractivity contribution is -0.127. The molecule has 3 rings (SSSR count). The van der Waals surface area contributed by atoms with Crippen LogP contribution >= 0.6 is 0 Å². The van der Waals surface area contributed by atoms with Crippen LogP contribution in [0.25, 0.3) is 6.08 Å². The Morgan fingerprint density at radius 1 is 1.21 bits per heavy atom. The van der Waals surface area contributed by atoms with Gasteiger partial charge in [0.25, 0.3) is 0 Å². The molecule has 7 heteroatoms. The molecule has 28 heavy (non-hydrogen) atoms. The van der Waals surface area contributed by atoms with Gasteiger partial charge in [-0.2, -0.15) is 0 Å². The lowest BCUT2D eigenvalue weighted by Crippen LogP contribution is -2.46. The molecular formula is C21H27N3O4. The number of aryl methyl sites for hydroxylation is 2. The van der Waals surface area contributed by atoms with Gasteiger partial charge in [0.1, 0.15) is 12.4 Å². The average molecular weight is 385 g/mol. The molecule has 1 aromatic heterocycles. The summed E-state index contributed by atoms with van der Waals surface area (Å²) < 4.78 is 16.5. The van der Waals surface area contributed by atoms with Crippen LogP contribution in [0.2, 0.25) is 0 Å². The van der Waals surface area contributed by atoms with E-state index < -0.39 is 0 Å². The second-order valence-corrected chi connectivity index (χ2v) is 6.96. The highest BCUT2D eigenvalue weighted by molar-refractivity contribution is 5.92. The van der Waals surface area contributed by atoms with E-state index in [2.05, 4.69) is 17.1 Å². The van der Waals surface area contributed by atoms with Crippen LogP contribution in [0.4, 0.5) is 0 Å². The molecule has 2 aromatic rings. The maximum absolute atomic E-state index is 12.3. The number of carbonyl (C=O) groups is 1. The first kappa shape index (κ1) is 19.9. The van der Waals surface area contributed by atoms with Crippen molar-refractivity contribution < 1.29 is 18.8 Å². The highest BCUT2D eigenvalue weighted by Gasteiger charge is 2.17. The maximum atomic E-state index is 12.3. The van der Waals surface area contributed by atoms with E-state index in [0.717, 1.165) is 48.8 Å². The molecule has 0 radical (unpaired) electrons. The minimum Gasteiger partial charge on any atom is -0.493 e. The molecule has 1 aliphatic rings. The van der Waals surface area contributed by atoms with E-state index in [-0.39, 0.29) is 5.91 Å². The van der Waals surface area contributed by atoms with E-state index in [1.165, 1.54) is 0 Å². The van der Waals surface area contributed by atoms with Crippen LogP contribution in [-0.4, -0.2) is 61.2 Å². The summed E-state index contributed by atoms with van der Waals surface area (Å²) in [5.74, 6) is 2.02. The molecular weight excluding hydrogens is 358 g/mol. The molecule has 0 aliphatic carbocycles. The Balaban J connectivity index is 1.64. The predicted octanol–water partition coefficient (Wildman–Crippen LogP) is 2.67. The zero-order valence-electron chi connectivity index (χ0n) is 16.9. The molecule has 1 aromatic carbocycles. The van der Waals surface area contributed by atoms with Gasteiger partial charge in [0.2, 0.25) is 5.91 Å². The number of hydrogen-bond acceptors (Lipinski definition) is 6. The number of likely N-dealkylation sites (N-methyl/N-ethyl adjacent to an activating group) is 1. The van der Waals surface area contributed by atoms with Crippen molar-refractivity contribution in [3.63, 3.8) is 0 Å². The smallest absolute Gasteiger partial charge is 0.246 e. The lowest BCUT2D eigenvalue weighted by Gasteiger charge is -2.31. The number of aromatic nitrogens is 1. The maximum Gasteiger partial charge on any atom is 0.246 e. The summed E-state index contributed by atoms with van der Waals surface area (Å²) in [5.41, 5.74) is 2.63. The Bertz CT molecular complexity index is 832. The van der Waals surface area contributed by atoms with Crippen molar-refractivity contribution in [2.24, 2.45) is 0 Å². The third-order valence-corrected chi connectivity index (χ3v) is 4.97. The molecule has 7 nitrogen and oxygen atoms in total. The molecule has 1 saturated heterocycles. The molecule has 150 valence electrons. The topological polar surface area (TPSA) is 68.0 Å². The van der Waals surface area contributed by atoms with E-state index in [9.17, 15) is 4.79 Å². The molecule has 0 saturated carbocycles. The molecule has 0 N–H and O–H groups in total. The Kier molecular flexibility index (Phi) is 6.36. The lowest BCUT2D eigenvalue weighted by atomic mass is 10.1. The third-order valence-electron chi connectivity index (χ3n) is 4.97. The fourth-order valence-electron chi connectivity index (χ4n) is 3.06. The zero-order valence-corrected chi connectivity index (χ0v) is 16.9. The number of rotatable bonds is 6. The quantitative estimate of drug-likeness (QED) is 0.712. The molecule has 1 amide bonds. The van der Waals surface area contributed by atoms with Crippen LogP contribution in [0.5, 0.6) is 11.5 Å². The Morgan fingerprint density at radius 3 is 2.61 bits per heavy atom. The average Bonchev–Trinajstić information content (AvgIpc) is 3.03. The normalized spacial score (nSPS) is 15.2. The minimum atomic E-state index is 0.0331. The SMILES string of the molecule is COc1cc(C=CC(=O)N2CCN(C)CC2)ccc1OCc1c(C)noc1C. The van der Waals surface area contributed by atoms with Crippen LogP contribution in [0.1, 0.15) is 22.6 Å². The zero-order chi connectivity index (χ0) is 20.1. The van der Waals surface area contributed by atoms with Gasteiger partial charge in [0.15, 0.2) is 11.5 Å². The second-order valence-electron chi connectivity index (χ2n) is 6.96. The molecule has 2 heterocycles. The van der Waals surface area contributed by atoms with Crippen LogP contribution in [0.3, 0.4) is 0 Å². The number of carbonyl (C=O) groups excluding carboxylic acids is 1. The van der Waals surface area contributed by atoms with Crippen LogP contribution in [0, 0.1) is 13.8 Å². The van der Waals surface area contributed by atoms with Gasteiger partial charge in [-0.1, -0.05) is 11.2 Å². The van der Waals surface area contributed by atoms with Gasteiger partial charge in [-0.05, 0) is 44.7 Å². The van der Waals surface area contributed by atoms with Crippen molar-refractivity contribution in [1.29, 1.82) is 0 Å². The summed E-state index contributed by atoms with van der Waals surface area (Å²) in [5, 5.41) is 3.93. The Morgan fingerprint density at radius 2 is 1.96 bits per heavy atom. The Labute approximate surface area is 165 Å². The van der Waals surface area contributed by atoms with Gasteiger partial charge in [0, 0.05) is 32.3 Å². The first-order chi connectivity index (χ1) is 13.5. The standard InChI is InChI=1S/C21H27N3O4/c1-15-18(16(2)28-22-15)14-27-19-7-5-17(13-20(19)26-4)6-8-21(25)24-11-9-23(3)10-12-24/h5-8,13H,9-12,14H2,1-4H3. The summed E-state index contributed by atoms with van der Waals surface area (Å²) in [6, 6.07) is 5.60. The molecule has 1 aliphatic heterocycles. The third kappa shape index (κ3) is 4.72. The van der Waals surface area contributed by atoms with E-state index in [1.54, 1.807) is 19.3 Å². The van der Waals surface area contributed by atoms with Gasteiger partial charge < -0.3 is 23.8 Å². The van der Waals surface area contributed by atoms with Crippen molar-refractivity contribution in [2.75, 3.05) is 40.3 Å². The van der Waals surface area contributed by atoms with Crippen LogP contribution < -0.4 is 9.47 Å². The molecule has 0 unspecified atom stereocenters. The van der Waals surface area contributed by atoms with Crippen molar-refractivity contribution >= 4 is 12.0 Å². The number of amides is 1. The van der Waals surface area contributed by atoms with Crippen molar-refractivity contribution in [3.8, 4) is 11.5 Å². The van der Waals surface area contributed by atoms with Gasteiger partial charge >= 0.3 is 0 Å². The van der Waals surface area contributed by atoms with Gasteiger partial charge in [-0.3, -0.25) is 4.79 Å². The summed E-state index contributed by atoms with van der Waals surface area (Å²) in [6.45, 7) is 7.44. The second kappa shape index (κ2) is 8.93. The highest BCUT2D eigenvalue weighted by atomic mass is 16.5. The summed E-state index contributed by atoms with van der Waals surface area (Å²) >= 11 is 0. The van der Waals surface area contributed by atoms with Crippen LogP contribution in [0.15, 0.2) is 28.8 Å². The first-order valence-corrected chi connectivity index (χ1v) is 9.36. The van der Waals surface area contributed by atoms with E-state index in [0.29, 0.717) is 18.1 Å². The van der Waals surface area contributed by atoms with Crippen molar-refractivity contribution in [3.05, 3.63) is 46.9 Å². The number of hydrogen-bond donors (Lipinski definition) is 0. The minimum absolute atomic E-state index is 0.0331.